The maximum absolute atomic E-state index is 9.57. The van der Waals surface area contributed by atoms with Crippen molar-refractivity contribution in [3.8, 4) is 6.07 Å². The highest BCUT2D eigenvalue weighted by atomic mass is 14.5. The van der Waals surface area contributed by atoms with E-state index in [0.717, 1.165) is 17.8 Å². The van der Waals surface area contributed by atoms with Crippen molar-refractivity contribution in [3.05, 3.63) is 22.3 Å². The van der Waals surface area contributed by atoms with Crippen LogP contribution >= 0.6 is 0 Å². The van der Waals surface area contributed by atoms with E-state index in [-0.39, 0.29) is 0 Å². The van der Waals surface area contributed by atoms with E-state index in [4.69, 9.17) is 0 Å². The van der Waals surface area contributed by atoms with Crippen LogP contribution in [0.25, 0.3) is 0 Å². The third-order valence-corrected chi connectivity index (χ3v) is 8.30. The van der Waals surface area contributed by atoms with E-state index in [1.165, 1.54) is 83.5 Å². The molecule has 0 aromatic heterocycles. The quantitative estimate of drug-likeness (QED) is 0.479. The Balaban J connectivity index is 1.50. The SMILES string of the molecule is N#CC1CCCC2C3=C(CCC12)C1CCC2CCCCC2=C1CC3. The summed E-state index contributed by atoms with van der Waals surface area (Å²) in [6, 6.07) is 2.66. The molecule has 1 heteroatoms. The second kappa shape index (κ2) is 6.05. The molecule has 2 saturated carbocycles. The standard InChI is InChI=1S/C23H31N/c24-14-16-5-3-7-19-18(16)10-11-23-21-9-8-15-4-1-2-6-17(15)20(21)12-13-22(19)23/h15-16,18-19,21H,1-13H2. The highest BCUT2D eigenvalue weighted by Crippen LogP contribution is 2.56. The Morgan fingerprint density at radius 3 is 2.46 bits per heavy atom. The van der Waals surface area contributed by atoms with Crippen molar-refractivity contribution < 1.29 is 0 Å². The summed E-state index contributed by atoms with van der Waals surface area (Å²) in [4.78, 5) is 0. The molecule has 5 rings (SSSR count). The molecule has 5 aliphatic carbocycles. The van der Waals surface area contributed by atoms with Gasteiger partial charge in [-0.25, -0.2) is 0 Å². The van der Waals surface area contributed by atoms with Crippen molar-refractivity contribution in [2.45, 2.75) is 83.5 Å². The van der Waals surface area contributed by atoms with Gasteiger partial charge in [-0.2, -0.15) is 5.26 Å². The van der Waals surface area contributed by atoms with E-state index in [0.29, 0.717) is 11.8 Å². The molecule has 0 aromatic carbocycles. The molecule has 5 atom stereocenters. The predicted octanol–water partition coefficient (Wildman–Crippen LogP) is 6.32. The molecule has 1 nitrogen and oxygen atoms in total. The van der Waals surface area contributed by atoms with Crippen LogP contribution < -0.4 is 0 Å². The molecule has 5 aliphatic rings. The summed E-state index contributed by atoms with van der Waals surface area (Å²) >= 11 is 0. The fourth-order valence-electron chi connectivity index (χ4n) is 7.31. The lowest BCUT2D eigenvalue weighted by Crippen LogP contribution is -2.36. The van der Waals surface area contributed by atoms with Gasteiger partial charge in [0.05, 0.1) is 6.07 Å². The van der Waals surface area contributed by atoms with E-state index >= 15 is 0 Å². The first-order chi connectivity index (χ1) is 11.9. The van der Waals surface area contributed by atoms with Gasteiger partial charge in [-0.15, -0.1) is 0 Å². The third kappa shape index (κ3) is 2.25. The van der Waals surface area contributed by atoms with E-state index in [1.54, 1.807) is 0 Å². The van der Waals surface area contributed by atoms with Crippen molar-refractivity contribution in [3.63, 3.8) is 0 Å². The Labute approximate surface area is 147 Å². The number of allylic oxidation sites excluding steroid dienone is 4. The molecule has 0 aromatic rings. The summed E-state index contributed by atoms with van der Waals surface area (Å²) in [5, 5.41) is 9.57. The van der Waals surface area contributed by atoms with Crippen LogP contribution in [0.4, 0.5) is 0 Å². The lowest BCUT2D eigenvalue weighted by molar-refractivity contribution is 0.179. The second-order valence-electron chi connectivity index (χ2n) is 9.15. The van der Waals surface area contributed by atoms with Crippen LogP contribution in [0.2, 0.25) is 0 Å². The van der Waals surface area contributed by atoms with Gasteiger partial charge in [0, 0.05) is 11.8 Å². The molecule has 0 radical (unpaired) electrons. The van der Waals surface area contributed by atoms with Crippen LogP contribution in [-0.2, 0) is 0 Å². The molecule has 0 spiro atoms. The van der Waals surface area contributed by atoms with Crippen LogP contribution in [0.15, 0.2) is 22.3 Å². The van der Waals surface area contributed by atoms with Gasteiger partial charge in [-0.05, 0) is 88.4 Å². The van der Waals surface area contributed by atoms with Crippen molar-refractivity contribution >= 4 is 0 Å². The minimum absolute atomic E-state index is 0.353. The zero-order valence-corrected chi connectivity index (χ0v) is 15.0. The lowest BCUT2D eigenvalue weighted by atomic mass is 9.56. The summed E-state index contributed by atoms with van der Waals surface area (Å²) in [7, 11) is 0. The normalized spacial score (nSPS) is 41.7. The topological polar surface area (TPSA) is 23.8 Å². The van der Waals surface area contributed by atoms with Crippen LogP contribution in [0.5, 0.6) is 0 Å². The molecule has 24 heavy (non-hydrogen) atoms. The number of fused-ring (bicyclic) bond motifs is 5. The average molecular weight is 322 g/mol. The molecule has 5 unspecified atom stereocenters. The fourth-order valence-corrected chi connectivity index (χ4v) is 7.31. The maximum Gasteiger partial charge on any atom is 0.0658 e. The summed E-state index contributed by atoms with van der Waals surface area (Å²) in [5.74, 6) is 3.62. The first-order valence-electron chi connectivity index (χ1n) is 10.7. The van der Waals surface area contributed by atoms with Crippen molar-refractivity contribution in [2.75, 3.05) is 0 Å². The van der Waals surface area contributed by atoms with Gasteiger partial charge in [-0.3, -0.25) is 0 Å². The summed E-state index contributed by atoms with van der Waals surface area (Å²) in [6.45, 7) is 0. The minimum atomic E-state index is 0.353. The minimum Gasteiger partial charge on any atom is -0.198 e. The molecule has 0 bridgehead atoms. The van der Waals surface area contributed by atoms with E-state index < -0.39 is 0 Å². The smallest absolute Gasteiger partial charge is 0.0658 e. The van der Waals surface area contributed by atoms with Crippen molar-refractivity contribution in [1.29, 1.82) is 5.26 Å². The number of hydrogen-bond acceptors (Lipinski definition) is 1. The highest BCUT2D eigenvalue weighted by molar-refractivity contribution is 5.40. The van der Waals surface area contributed by atoms with E-state index in [1.807, 2.05) is 22.3 Å². The van der Waals surface area contributed by atoms with Gasteiger partial charge in [0.15, 0.2) is 0 Å². The summed E-state index contributed by atoms with van der Waals surface area (Å²) in [5.41, 5.74) is 7.57. The van der Waals surface area contributed by atoms with Gasteiger partial charge in [0.2, 0.25) is 0 Å². The third-order valence-electron chi connectivity index (χ3n) is 8.30. The zero-order valence-electron chi connectivity index (χ0n) is 15.0. The zero-order chi connectivity index (χ0) is 16.1. The van der Waals surface area contributed by atoms with Crippen molar-refractivity contribution in [1.82, 2.24) is 0 Å². The average Bonchev–Trinajstić information content (AvgIpc) is 2.66. The summed E-state index contributed by atoms with van der Waals surface area (Å²) < 4.78 is 0. The Morgan fingerprint density at radius 2 is 1.54 bits per heavy atom. The van der Waals surface area contributed by atoms with Gasteiger partial charge >= 0.3 is 0 Å². The van der Waals surface area contributed by atoms with Gasteiger partial charge in [0.1, 0.15) is 0 Å². The molecule has 0 aliphatic heterocycles. The number of rotatable bonds is 0. The number of nitriles is 1. The molecule has 0 heterocycles. The van der Waals surface area contributed by atoms with Crippen LogP contribution in [-0.4, -0.2) is 0 Å². The summed E-state index contributed by atoms with van der Waals surface area (Å²) in [6.07, 6.45) is 17.9. The fraction of sp³-hybridized carbons (Fsp3) is 0.783. The number of nitrogens with zero attached hydrogens (tertiary/aromatic N) is 1. The Hall–Kier alpha value is -1.03. The first-order valence-corrected chi connectivity index (χ1v) is 10.7. The monoisotopic (exact) mass is 321 g/mol. The molecule has 128 valence electrons. The van der Waals surface area contributed by atoms with Gasteiger partial charge < -0.3 is 0 Å². The highest BCUT2D eigenvalue weighted by Gasteiger charge is 2.43. The van der Waals surface area contributed by atoms with Crippen LogP contribution in [0.3, 0.4) is 0 Å². The molecule has 0 N–H and O–H groups in total. The van der Waals surface area contributed by atoms with Gasteiger partial charge in [0.25, 0.3) is 0 Å². The van der Waals surface area contributed by atoms with Crippen molar-refractivity contribution in [2.24, 2.45) is 29.6 Å². The van der Waals surface area contributed by atoms with Crippen LogP contribution in [0.1, 0.15) is 83.5 Å². The molecule has 0 saturated heterocycles. The largest absolute Gasteiger partial charge is 0.198 e. The molecule has 2 fully saturated rings. The molecular weight excluding hydrogens is 290 g/mol. The Bertz CT molecular complexity index is 631. The second-order valence-corrected chi connectivity index (χ2v) is 9.15. The maximum atomic E-state index is 9.57. The molecule has 0 amide bonds. The molecular formula is C23H31N. The number of hydrogen-bond donors (Lipinski definition) is 0. The van der Waals surface area contributed by atoms with Crippen LogP contribution in [0, 0.1) is 40.9 Å². The van der Waals surface area contributed by atoms with Gasteiger partial charge in [-0.1, -0.05) is 35.1 Å². The Morgan fingerprint density at radius 1 is 0.667 bits per heavy atom. The van der Waals surface area contributed by atoms with E-state index in [9.17, 15) is 5.26 Å². The first kappa shape index (κ1) is 15.2. The predicted molar refractivity (Wildman–Crippen MR) is 97.1 cm³/mol. The Kier molecular flexibility index (Phi) is 3.84. The van der Waals surface area contributed by atoms with E-state index in [2.05, 4.69) is 6.07 Å². The lowest BCUT2D eigenvalue weighted by Gasteiger charge is -2.48.